The van der Waals surface area contributed by atoms with Crippen LogP contribution in [0.4, 0.5) is 0 Å². The Labute approximate surface area is 71.2 Å². The van der Waals surface area contributed by atoms with Crippen molar-refractivity contribution in [2.24, 2.45) is 0 Å². The Balaban J connectivity index is 2.71. The van der Waals surface area contributed by atoms with Gasteiger partial charge in [0.15, 0.2) is 0 Å². The van der Waals surface area contributed by atoms with Gasteiger partial charge >= 0.3 is 0 Å². The third-order valence-electron chi connectivity index (χ3n) is 1.51. The molecule has 0 saturated carbocycles. The molecule has 1 atom stereocenters. The van der Waals surface area contributed by atoms with Crippen molar-refractivity contribution in [2.75, 3.05) is 0 Å². The molecule has 0 saturated heterocycles. The second-order valence-electron chi connectivity index (χ2n) is 2.38. The summed E-state index contributed by atoms with van der Waals surface area (Å²) in [6, 6.07) is 9.17. The molecule has 2 heteroatoms. The van der Waals surface area contributed by atoms with E-state index in [0.29, 0.717) is 6.29 Å². The third-order valence-corrected chi connectivity index (χ3v) is 1.51. The summed E-state index contributed by atoms with van der Waals surface area (Å²) in [6.07, 6.45) is 2.70. The average molecular weight is 162 g/mol. The van der Waals surface area contributed by atoms with Crippen LogP contribution in [0.5, 0.6) is 0 Å². The molecule has 0 bridgehead atoms. The number of aldehydes is 1. The molecule has 0 radical (unpaired) electrons. The summed E-state index contributed by atoms with van der Waals surface area (Å²) in [5.74, 6) is 0. The molecule has 0 aliphatic rings. The van der Waals surface area contributed by atoms with Crippen LogP contribution >= 0.6 is 0 Å². The zero-order valence-electron chi connectivity index (χ0n) is 6.55. The van der Waals surface area contributed by atoms with E-state index in [-0.39, 0.29) is 0 Å². The minimum Gasteiger partial charge on any atom is -0.384 e. The number of hydrogen-bond donors (Lipinski definition) is 1. The Kier molecular flexibility index (Phi) is 3.23. The highest BCUT2D eigenvalue weighted by molar-refractivity contribution is 5.64. The fourth-order valence-corrected chi connectivity index (χ4v) is 0.912. The largest absolute Gasteiger partial charge is 0.384 e. The van der Waals surface area contributed by atoms with Gasteiger partial charge in [0.25, 0.3) is 0 Å². The fraction of sp³-hybridized carbons (Fsp3) is 0.100. The van der Waals surface area contributed by atoms with Gasteiger partial charge in [-0.1, -0.05) is 30.3 Å². The van der Waals surface area contributed by atoms with Crippen molar-refractivity contribution in [3.63, 3.8) is 0 Å². The molecule has 1 aromatic carbocycles. The molecule has 0 aromatic heterocycles. The number of carbonyl (C=O) groups excluding carboxylic acids is 1. The van der Waals surface area contributed by atoms with Gasteiger partial charge in [-0.15, -0.1) is 0 Å². The van der Waals surface area contributed by atoms with Gasteiger partial charge in [-0.3, -0.25) is 4.79 Å². The van der Waals surface area contributed by atoms with Gasteiger partial charge in [-0.2, -0.15) is 0 Å². The van der Waals surface area contributed by atoms with E-state index in [4.69, 9.17) is 0 Å². The Morgan fingerprint density at radius 2 is 1.92 bits per heavy atom. The number of rotatable bonds is 3. The van der Waals surface area contributed by atoms with Crippen molar-refractivity contribution < 1.29 is 9.90 Å². The van der Waals surface area contributed by atoms with Crippen LogP contribution in [0.1, 0.15) is 11.7 Å². The first kappa shape index (κ1) is 8.68. The predicted octanol–water partition coefficient (Wildman–Crippen LogP) is 1.48. The number of allylic oxidation sites excluding steroid dienone is 1. The van der Waals surface area contributed by atoms with Crippen molar-refractivity contribution in [1.82, 2.24) is 0 Å². The molecule has 0 unspecified atom stereocenters. The SMILES string of the molecule is O=C/C=C/[C@@H](O)c1ccccc1. The average Bonchev–Trinajstić information content (AvgIpc) is 2.15. The van der Waals surface area contributed by atoms with E-state index < -0.39 is 6.10 Å². The van der Waals surface area contributed by atoms with E-state index in [0.717, 1.165) is 5.56 Å². The summed E-state index contributed by atoms with van der Waals surface area (Å²) in [5, 5.41) is 9.41. The molecule has 0 aliphatic carbocycles. The van der Waals surface area contributed by atoms with E-state index in [1.807, 2.05) is 18.2 Å². The number of benzene rings is 1. The van der Waals surface area contributed by atoms with E-state index in [2.05, 4.69) is 0 Å². The zero-order valence-corrected chi connectivity index (χ0v) is 6.55. The second kappa shape index (κ2) is 4.46. The Morgan fingerprint density at radius 3 is 2.50 bits per heavy atom. The molecule has 1 N–H and O–H groups in total. The molecule has 1 aromatic rings. The smallest absolute Gasteiger partial charge is 0.142 e. The highest BCUT2D eigenvalue weighted by Gasteiger charge is 1.99. The molecule has 0 heterocycles. The lowest BCUT2D eigenvalue weighted by Gasteiger charge is -2.03. The first-order valence-electron chi connectivity index (χ1n) is 3.69. The first-order valence-corrected chi connectivity index (χ1v) is 3.69. The minimum atomic E-state index is -0.684. The predicted molar refractivity (Wildman–Crippen MR) is 46.6 cm³/mol. The maximum Gasteiger partial charge on any atom is 0.142 e. The summed E-state index contributed by atoms with van der Waals surface area (Å²) < 4.78 is 0. The van der Waals surface area contributed by atoms with Crippen LogP contribution in [-0.4, -0.2) is 11.4 Å². The third kappa shape index (κ3) is 2.32. The number of aliphatic hydroxyl groups excluding tert-OH is 1. The van der Waals surface area contributed by atoms with E-state index in [9.17, 15) is 9.90 Å². The molecule has 0 spiro atoms. The van der Waals surface area contributed by atoms with Gasteiger partial charge in [-0.25, -0.2) is 0 Å². The quantitative estimate of drug-likeness (QED) is 0.540. The van der Waals surface area contributed by atoms with Crippen molar-refractivity contribution >= 4 is 6.29 Å². The normalized spacial score (nSPS) is 13.1. The van der Waals surface area contributed by atoms with Gasteiger partial charge in [0.05, 0.1) is 6.10 Å². The number of hydrogen-bond acceptors (Lipinski definition) is 2. The van der Waals surface area contributed by atoms with Gasteiger partial charge in [0.2, 0.25) is 0 Å². The van der Waals surface area contributed by atoms with Crippen LogP contribution in [-0.2, 0) is 4.79 Å². The van der Waals surface area contributed by atoms with Crippen LogP contribution in [0.2, 0.25) is 0 Å². The highest BCUT2D eigenvalue weighted by Crippen LogP contribution is 2.12. The Morgan fingerprint density at radius 1 is 1.25 bits per heavy atom. The van der Waals surface area contributed by atoms with Gasteiger partial charge < -0.3 is 5.11 Å². The molecule has 0 amide bonds. The molecular formula is C10H10O2. The molecule has 1 rings (SSSR count). The van der Waals surface area contributed by atoms with Gasteiger partial charge in [0.1, 0.15) is 6.29 Å². The van der Waals surface area contributed by atoms with Crippen LogP contribution in [0.3, 0.4) is 0 Å². The minimum absolute atomic E-state index is 0.645. The second-order valence-corrected chi connectivity index (χ2v) is 2.38. The monoisotopic (exact) mass is 162 g/mol. The number of carbonyl (C=O) groups is 1. The van der Waals surface area contributed by atoms with E-state index in [1.165, 1.54) is 12.2 Å². The van der Waals surface area contributed by atoms with Gasteiger partial charge in [0, 0.05) is 0 Å². The molecule has 62 valence electrons. The molecule has 12 heavy (non-hydrogen) atoms. The summed E-state index contributed by atoms with van der Waals surface area (Å²) in [7, 11) is 0. The Hall–Kier alpha value is -1.41. The van der Waals surface area contributed by atoms with Crippen molar-refractivity contribution in [1.29, 1.82) is 0 Å². The molecule has 0 aliphatic heterocycles. The highest BCUT2D eigenvalue weighted by atomic mass is 16.3. The summed E-state index contributed by atoms with van der Waals surface area (Å²) in [4.78, 5) is 9.94. The van der Waals surface area contributed by atoms with Crippen LogP contribution < -0.4 is 0 Å². The maximum absolute atomic E-state index is 9.94. The summed E-state index contributed by atoms with van der Waals surface area (Å²) >= 11 is 0. The maximum atomic E-state index is 9.94. The van der Waals surface area contributed by atoms with Crippen molar-refractivity contribution in [3.8, 4) is 0 Å². The molecule has 0 fully saturated rings. The summed E-state index contributed by atoms with van der Waals surface area (Å²) in [6.45, 7) is 0. The lowest BCUT2D eigenvalue weighted by molar-refractivity contribution is -0.104. The fourth-order valence-electron chi connectivity index (χ4n) is 0.912. The molecule has 2 nitrogen and oxygen atoms in total. The van der Waals surface area contributed by atoms with E-state index >= 15 is 0 Å². The van der Waals surface area contributed by atoms with Crippen LogP contribution in [0.15, 0.2) is 42.5 Å². The zero-order chi connectivity index (χ0) is 8.81. The van der Waals surface area contributed by atoms with Crippen LogP contribution in [0, 0.1) is 0 Å². The van der Waals surface area contributed by atoms with Crippen molar-refractivity contribution in [2.45, 2.75) is 6.10 Å². The first-order chi connectivity index (χ1) is 5.84. The van der Waals surface area contributed by atoms with E-state index in [1.54, 1.807) is 12.1 Å². The number of aliphatic hydroxyl groups is 1. The standard InChI is InChI=1S/C10H10O2/c11-8-4-7-10(12)9-5-2-1-3-6-9/h1-8,10,12H/b7-4+/t10-/m1/s1. The topological polar surface area (TPSA) is 37.3 Å². The Bertz CT molecular complexity index is 264. The summed E-state index contributed by atoms with van der Waals surface area (Å²) in [5.41, 5.74) is 0.788. The lowest BCUT2D eigenvalue weighted by atomic mass is 10.1. The van der Waals surface area contributed by atoms with Crippen LogP contribution in [0.25, 0.3) is 0 Å². The molecular weight excluding hydrogens is 152 g/mol. The lowest BCUT2D eigenvalue weighted by Crippen LogP contribution is -1.91. The van der Waals surface area contributed by atoms with Crippen molar-refractivity contribution in [3.05, 3.63) is 48.0 Å². The van der Waals surface area contributed by atoms with Gasteiger partial charge in [-0.05, 0) is 17.7 Å².